The summed E-state index contributed by atoms with van der Waals surface area (Å²) in [6, 6.07) is 6.73. The summed E-state index contributed by atoms with van der Waals surface area (Å²) in [6.45, 7) is 1.26. The Kier molecular flexibility index (Phi) is 9.20. The van der Waals surface area contributed by atoms with Crippen molar-refractivity contribution >= 4 is 7.12 Å². The van der Waals surface area contributed by atoms with Crippen molar-refractivity contribution in [3.8, 4) is 5.75 Å². The van der Waals surface area contributed by atoms with E-state index in [9.17, 15) is 10.2 Å². The molecule has 0 aliphatic carbocycles. The van der Waals surface area contributed by atoms with Gasteiger partial charge in [0.25, 0.3) is 0 Å². The molecule has 0 heterocycles. The van der Waals surface area contributed by atoms with Gasteiger partial charge in [-0.25, -0.2) is 0 Å². The van der Waals surface area contributed by atoms with Crippen LogP contribution >= 0.6 is 0 Å². The minimum absolute atomic E-state index is 0.0752. The topological polar surface area (TPSA) is 110 Å². The molecule has 130 valence electrons. The van der Waals surface area contributed by atoms with Crippen LogP contribution in [0.5, 0.6) is 5.75 Å². The highest BCUT2D eigenvalue weighted by atomic mass is 16.4. The Labute approximate surface area is 138 Å². The molecule has 0 saturated carbocycles. The third-order valence-electron chi connectivity index (χ3n) is 3.91. The second-order valence-corrected chi connectivity index (χ2v) is 6.19. The lowest BCUT2D eigenvalue weighted by atomic mass is 9.83. The Morgan fingerprint density at radius 2 is 1.96 bits per heavy atom. The molecule has 7 heteroatoms. The third-order valence-corrected chi connectivity index (χ3v) is 3.91. The number of phenolic OH excluding ortho intramolecular Hbond substituents is 1. The Morgan fingerprint density at radius 3 is 2.61 bits per heavy atom. The molecule has 0 spiro atoms. The van der Waals surface area contributed by atoms with Crippen LogP contribution in [-0.2, 0) is 0 Å². The lowest BCUT2D eigenvalue weighted by molar-refractivity contribution is 0.125. The number of nitrogens with zero attached hydrogens (tertiary/aromatic N) is 1. The molecule has 0 aliphatic heterocycles. The van der Waals surface area contributed by atoms with Crippen molar-refractivity contribution in [1.82, 2.24) is 4.90 Å². The standard InChI is InChI=1S/C16H29BN2O4/c1-19(10-8-14(18)6-2-3-9-17(22)23)12-16(21)13-5-4-7-15(20)11-13/h4-5,7,11,14,16,20-23H,2-3,6,8-10,12,18H2,1H3/t14-,16-/m1/s1. The quantitative estimate of drug-likeness (QED) is 0.303. The number of aliphatic hydroxyl groups excluding tert-OH is 1. The molecule has 0 aromatic heterocycles. The monoisotopic (exact) mass is 324 g/mol. The van der Waals surface area contributed by atoms with Crippen LogP contribution in [0.1, 0.15) is 37.4 Å². The van der Waals surface area contributed by atoms with E-state index in [-0.39, 0.29) is 11.8 Å². The molecule has 0 unspecified atom stereocenters. The van der Waals surface area contributed by atoms with E-state index in [1.165, 1.54) is 0 Å². The normalized spacial score (nSPS) is 14.0. The summed E-state index contributed by atoms with van der Waals surface area (Å²) in [5.41, 5.74) is 6.75. The first-order valence-electron chi connectivity index (χ1n) is 8.15. The highest BCUT2D eigenvalue weighted by Crippen LogP contribution is 2.19. The summed E-state index contributed by atoms with van der Waals surface area (Å²) in [6.07, 6.45) is 3.07. The summed E-state index contributed by atoms with van der Waals surface area (Å²) >= 11 is 0. The second kappa shape index (κ2) is 10.6. The minimum atomic E-state index is -1.23. The second-order valence-electron chi connectivity index (χ2n) is 6.19. The van der Waals surface area contributed by atoms with Crippen LogP contribution in [0.25, 0.3) is 0 Å². The van der Waals surface area contributed by atoms with Gasteiger partial charge in [-0.1, -0.05) is 25.0 Å². The maximum atomic E-state index is 10.2. The van der Waals surface area contributed by atoms with Crippen LogP contribution in [0, 0.1) is 0 Å². The van der Waals surface area contributed by atoms with Crippen molar-refractivity contribution in [3.05, 3.63) is 29.8 Å². The zero-order valence-electron chi connectivity index (χ0n) is 13.8. The van der Waals surface area contributed by atoms with Gasteiger partial charge in [-0.05, 0) is 50.5 Å². The Morgan fingerprint density at radius 1 is 1.22 bits per heavy atom. The molecule has 0 bridgehead atoms. The van der Waals surface area contributed by atoms with Crippen molar-refractivity contribution in [3.63, 3.8) is 0 Å². The third kappa shape index (κ3) is 8.93. The van der Waals surface area contributed by atoms with Crippen molar-refractivity contribution in [2.45, 2.75) is 44.1 Å². The van der Waals surface area contributed by atoms with Gasteiger partial charge >= 0.3 is 7.12 Å². The van der Waals surface area contributed by atoms with E-state index in [1.54, 1.807) is 24.3 Å². The number of unbranched alkanes of at least 4 members (excludes halogenated alkanes) is 1. The fourth-order valence-corrected chi connectivity index (χ4v) is 2.49. The van der Waals surface area contributed by atoms with E-state index >= 15 is 0 Å². The fourth-order valence-electron chi connectivity index (χ4n) is 2.49. The van der Waals surface area contributed by atoms with E-state index in [4.69, 9.17) is 15.8 Å². The first kappa shape index (κ1) is 19.9. The van der Waals surface area contributed by atoms with Gasteiger partial charge in [-0.3, -0.25) is 0 Å². The van der Waals surface area contributed by atoms with Gasteiger partial charge in [0.05, 0.1) is 6.10 Å². The molecular formula is C16H29BN2O4. The minimum Gasteiger partial charge on any atom is -0.508 e. The molecule has 0 amide bonds. The van der Waals surface area contributed by atoms with Crippen molar-refractivity contribution in [2.75, 3.05) is 20.1 Å². The van der Waals surface area contributed by atoms with Gasteiger partial charge in [-0.2, -0.15) is 0 Å². The Bertz CT molecular complexity index is 448. The smallest absolute Gasteiger partial charge is 0.451 e. The predicted molar refractivity (Wildman–Crippen MR) is 92.0 cm³/mol. The maximum Gasteiger partial charge on any atom is 0.451 e. The van der Waals surface area contributed by atoms with Gasteiger partial charge in [0.15, 0.2) is 0 Å². The molecule has 23 heavy (non-hydrogen) atoms. The molecule has 0 fully saturated rings. The summed E-state index contributed by atoms with van der Waals surface area (Å²) in [5, 5.41) is 37.1. The highest BCUT2D eigenvalue weighted by Gasteiger charge is 2.13. The molecule has 1 aromatic rings. The van der Waals surface area contributed by atoms with Gasteiger partial charge in [0.1, 0.15) is 5.75 Å². The summed E-state index contributed by atoms with van der Waals surface area (Å²) in [7, 11) is 0.706. The average molecular weight is 324 g/mol. The van der Waals surface area contributed by atoms with Crippen LogP contribution in [0.4, 0.5) is 0 Å². The van der Waals surface area contributed by atoms with Crippen molar-refractivity contribution < 1.29 is 20.3 Å². The van der Waals surface area contributed by atoms with Crippen LogP contribution in [0.15, 0.2) is 24.3 Å². The van der Waals surface area contributed by atoms with Crippen LogP contribution in [0.2, 0.25) is 6.32 Å². The number of rotatable bonds is 11. The Hall–Kier alpha value is -1.12. The van der Waals surface area contributed by atoms with Gasteiger partial charge in [0.2, 0.25) is 0 Å². The van der Waals surface area contributed by atoms with Crippen LogP contribution in [-0.4, -0.2) is 58.5 Å². The fraction of sp³-hybridized carbons (Fsp3) is 0.625. The van der Waals surface area contributed by atoms with Crippen LogP contribution < -0.4 is 5.73 Å². The van der Waals surface area contributed by atoms with Gasteiger partial charge in [-0.15, -0.1) is 0 Å². The molecule has 0 saturated heterocycles. The number of likely N-dealkylation sites (N-methyl/N-ethyl adjacent to an activating group) is 1. The molecule has 0 radical (unpaired) electrons. The first-order chi connectivity index (χ1) is 10.9. The molecular weight excluding hydrogens is 295 g/mol. The predicted octanol–water partition coefficient (Wildman–Crippen LogP) is 0.718. The van der Waals surface area contributed by atoms with Crippen LogP contribution in [0.3, 0.4) is 0 Å². The first-order valence-corrected chi connectivity index (χ1v) is 8.15. The summed E-state index contributed by atoms with van der Waals surface area (Å²) in [4.78, 5) is 2.02. The zero-order chi connectivity index (χ0) is 17.2. The molecule has 0 aliphatic rings. The highest BCUT2D eigenvalue weighted by molar-refractivity contribution is 6.40. The van der Waals surface area contributed by atoms with E-state index in [2.05, 4.69) is 0 Å². The SMILES string of the molecule is CN(CC[C@H](N)CCCCB(O)O)C[C@@H](O)c1cccc(O)c1. The van der Waals surface area contributed by atoms with Crippen molar-refractivity contribution in [2.24, 2.45) is 5.73 Å². The zero-order valence-corrected chi connectivity index (χ0v) is 13.8. The lowest BCUT2D eigenvalue weighted by Crippen LogP contribution is -2.31. The molecule has 1 rings (SSSR count). The number of hydrogen-bond acceptors (Lipinski definition) is 6. The van der Waals surface area contributed by atoms with E-state index in [0.29, 0.717) is 18.4 Å². The largest absolute Gasteiger partial charge is 0.508 e. The number of aliphatic hydroxyl groups is 1. The van der Waals surface area contributed by atoms with E-state index < -0.39 is 13.2 Å². The molecule has 2 atom stereocenters. The van der Waals surface area contributed by atoms with Gasteiger partial charge in [0, 0.05) is 12.6 Å². The summed E-state index contributed by atoms with van der Waals surface area (Å²) in [5.74, 6) is 0.152. The molecule has 6 N–H and O–H groups in total. The van der Waals surface area contributed by atoms with Gasteiger partial charge < -0.3 is 30.9 Å². The van der Waals surface area contributed by atoms with E-state index in [1.807, 2.05) is 11.9 Å². The lowest BCUT2D eigenvalue weighted by Gasteiger charge is -2.22. The number of aromatic hydroxyl groups is 1. The van der Waals surface area contributed by atoms with Crippen molar-refractivity contribution in [1.29, 1.82) is 0 Å². The Balaban J connectivity index is 2.21. The number of nitrogens with two attached hydrogens (primary N) is 1. The maximum absolute atomic E-state index is 10.2. The molecule has 6 nitrogen and oxygen atoms in total. The number of phenols is 1. The average Bonchev–Trinajstić information content (AvgIpc) is 2.49. The number of benzene rings is 1. The number of hydrogen-bond donors (Lipinski definition) is 5. The molecule has 1 aromatic carbocycles. The van der Waals surface area contributed by atoms with E-state index in [0.717, 1.165) is 32.2 Å². The summed E-state index contributed by atoms with van der Waals surface area (Å²) < 4.78 is 0.